The number of hydrogen-bond acceptors (Lipinski definition) is 7. The zero-order valence-electron chi connectivity index (χ0n) is 20.5. The number of phenols is 1. The molecule has 0 saturated carbocycles. The van der Waals surface area contributed by atoms with Gasteiger partial charge >= 0.3 is 5.97 Å². The topological polar surface area (TPSA) is 135 Å². The Labute approximate surface area is 210 Å². The number of phenolic OH excluding ortho intramolecular Hbond substituents is 1. The van der Waals surface area contributed by atoms with Crippen LogP contribution in [-0.2, 0) is 11.2 Å². The van der Waals surface area contributed by atoms with Crippen molar-refractivity contribution in [2.45, 2.75) is 32.6 Å². The first-order valence-electron chi connectivity index (χ1n) is 11.6. The molecule has 0 fully saturated rings. The summed E-state index contributed by atoms with van der Waals surface area (Å²) < 4.78 is 0. The molecule has 1 unspecified atom stereocenters. The lowest BCUT2D eigenvalue weighted by atomic mass is 10.0. The Kier molecular flexibility index (Phi) is 8.57. The predicted molar refractivity (Wildman–Crippen MR) is 144 cm³/mol. The molecule has 1 atom stereocenters. The number of carboxylic acids is 1. The fourth-order valence-corrected chi connectivity index (χ4v) is 3.97. The van der Waals surface area contributed by atoms with Crippen LogP contribution in [0.5, 0.6) is 5.75 Å². The number of aldehydes is 1. The minimum absolute atomic E-state index is 0.0118. The predicted octanol–water partition coefficient (Wildman–Crippen LogP) is 5.54. The molecule has 8 heteroatoms. The number of para-hydroxylation sites is 1. The maximum absolute atomic E-state index is 11.1. The number of nitrogens with zero attached hydrogens (tertiary/aromatic N) is 1. The summed E-state index contributed by atoms with van der Waals surface area (Å²) in [5.74, 6) is -0.447. The highest BCUT2D eigenvalue weighted by Crippen LogP contribution is 2.36. The maximum Gasteiger partial charge on any atom is 0.335 e. The molecule has 0 amide bonds. The van der Waals surface area contributed by atoms with E-state index in [1.54, 1.807) is 41.5 Å². The number of rotatable bonds is 7. The lowest BCUT2D eigenvalue weighted by molar-refractivity contribution is -0.102. The van der Waals surface area contributed by atoms with Crippen LogP contribution >= 0.6 is 0 Å². The third-order valence-corrected chi connectivity index (χ3v) is 6.06. The van der Waals surface area contributed by atoms with Gasteiger partial charge in [0.15, 0.2) is 6.29 Å². The Bertz CT molecular complexity index is 1320. The number of aryl methyl sites for hydroxylation is 1. The molecule has 0 saturated heterocycles. The largest absolute Gasteiger partial charge is 0.505 e. The van der Waals surface area contributed by atoms with Crippen LogP contribution in [0.2, 0.25) is 0 Å². The van der Waals surface area contributed by atoms with Gasteiger partial charge in [0.2, 0.25) is 0 Å². The molecule has 0 radical (unpaired) electrons. The minimum Gasteiger partial charge on any atom is -0.505 e. The Morgan fingerprint density at radius 1 is 1.14 bits per heavy atom. The molecule has 0 spiro atoms. The van der Waals surface area contributed by atoms with E-state index in [-0.39, 0.29) is 28.4 Å². The number of aromatic carboxylic acids is 1. The van der Waals surface area contributed by atoms with E-state index >= 15 is 0 Å². The van der Waals surface area contributed by atoms with Gasteiger partial charge in [-0.2, -0.15) is 5.10 Å². The van der Waals surface area contributed by atoms with Gasteiger partial charge in [0, 0.05) is 18.3 Å². The molecule has 5 N–H and O–H groups in total. The number of anilines is 2. The van der Waals surface area contributed by atoms with Crippen molar-refractivity contribution >= 4 is 35.1 Å². The number of nitrogens with one attached hydrogen (secondary N) is 3. The zero-order valence-corrected chi connectivity index (χ0v) is 20.5. The van der Waals surface area contributed by atoms with Crippen molar-refractivity contribution in [3.05, 3.63) is 77.4 Å². The summed E-state index contributed by atoms with van der Waals surface area (Å²) >= 11 is 0. The fourth-order valence-electron chi connectivity index (χ4n) is 3.97. The Morgan fingerprint density at radius 2 is 1.89 bits per heavy atom. The van der Waals surface area contributed by atoms with Crippen LogP contribution in [0.3, 0.4) is 0 Å². The highest BCUT2D eigenvalue weighted by Gasteiger charge is 2.18. The van der Waals surface area contributed by atoms with Crippen LogP contribution in [-0.4, -0.2) is 40.9 Å². The smallest absolute Gasteiger partial charge is 0.335 e. The highest BCUT2D eigenvalue weighted by atomic mass is 16.4. The van der Waals surface area contributed by atoms with Gasteiger partial charge in [-0.15, -0.1) is 0 Å². The third kappa shape index (κ3) is 6.15. The maximum atomic E-state index is 11.1. The molecular formula is C28H30N4O4. The van der Waals surface area contributed by atoms with E-state index in [2.05, 4.69) is 41.0 Å². The van der Waals surface area contributed by atoms with E-state index in [9.17, 15) is 14.7 Å². The average Bonchev–Trinajstić information content (AvgIpc) is 3.25. The molecule has 36 heavy (non-hydrogen) atoms. The van der Waals surface area contributed by atoms with E-state index in [1.807, 2.05) is 7.05 Å². The second kappa shape index (κ2) is 11.8. The molecule has 186 valence electrons. The van der Waals surface area contributed by atoms with Crippen molar-refractivity contribution in [1.29, 1.82) is 5.41 Å². The van der Waals surface area contributed by atoms with Gasteiger partial charge in [-0.1, -0.05) is 37.3 Å². The number of benzene rings is 3. The summed E-state index contributed by atoms with van der Waals surface area (Å²) in [5.41, 5.74) is 8.04. The van der Waals surface area contributed by atoms with Crippen LogP contribution in [0.1, 0.15) is 47.7 Å². The quantitative estimate of drug-likeness (QED) is 0.129. The van der Waals surface area contributed by atoms with Crippen LogP contribution in [0.15, 0.2) is 65.8 Å². The molecule has 1 aliphatic rings. The number of carbonyl (C=O) groups excluding carboxylic acids is 1. The molecule has 0 aromatic heterocycles. The minimum atomic E-state index is -1.06. The van der Waals surface area contributed by atoms with E-state index in [0.717, 1.165) is 5.92 Å². The van der Waals surface area contributed by atoms with Crippen LogP contribution in [0.4, 0.5) is 11.4 Å². The number of fused-ring (bicyclic) bond motifs is 1. The highest BCUT2D eigenvalue weighted by molar-refractivity contribution is 6.60. The van der Waals surface area contributed by atoms with Crippen molar-refractivity contribution in [2.24, 2.45) is 5.10 Å². The standard InChI is InChI=1S/C17H15N3O4.C11H15N/c1-10(18)15(9-21)20-19-14-7-3-6-13(16(14)22)11-4-2-5-12(8-11)17(23)24;1-8-3-4-9-5-6-10(12-2)7-11(8)9/h2-9,18-19,22H,1H3,(H,23,24);5-8,12H,3-4H2,1-2H3/b18-10?,20-15+;. The van der Waals surface area contributed by atoms with E-state index in [4.69, 9.17) is 10.5 Å². The molecule has 0 heterocycles. The van der Waals surface area contributed by atoms with Crippen molar-refractivity contribution in [1.82, 2.24) is 0 Å². The Hall–Kier alpha value is -4.46. The second-order valence-electron chi connectivity index (χ2n) is 8.54. The fraction of sp³-hybridized carbons (Fsp3) is 0.214. The summed E-state index contributed by atoms with van der Waals surface area (Å²) in [6.45, 7) is 3.73. The second-order valence-corrected chi connectivity index (χ2v) is 8.54. The van der Waals surface area contributed by atoms with Gasteiger partial charge in [-0.25, -0.2) is 4.79 Å². The number of aromatic hydroxyl groups is 1. The number of hydrogen-bond donors (Lipinski definition) is 5. The zero-order chi connectivity index (χ0) is 26.2. The van der Waals surface area contributed by atoms with E-state index < -0.39 is 5.97 Å². The first-order chi connectivity index (χ1) is 17.2. The molecule has 0 bridgehead atoms. The van der Waals surface area contributed by atoms with Crippen LogP contribution in [0, 0.1) is 5.41 Å². The van der Waals surface area contributed by atoms with Gasteiger partial charge in [0.05, 0.1) is 17.0 Å². The summed E-state index contributed by atoms with van der Waals surface area (Å²) in [5, 5.41) is 33.8. The van der Waals surface area contributed by atoms with Crippen molar-refractivity contribution in [2.75, 3.05) is 17.8 Å². The summed E-state index contributed by atoms with van der Waals surface area (Å²) in [6.07, 6.45) is 3.02. The molecule has 3 aromatic rings. The molecule has 3 aromatic carbocycles. The van der Waals surface area contributed by atoms with Crippen LogP contribution in [0.25, 0.3) is 11.1 Å². The summed E-state index contributed by atoms with van der Waals surface area (Å²) in [7, 11) is 1.97. The SMILES string of the molecule is CC(=N)/C(C=O)=N/Nc1cccc(-c2cccc(C(=O)O)c2)c1O.CNc1ccc2c(c1)C(C)CC2. The van der Waals surface area contributed by atoms with Gasteiger partial charge in [-0.3, -0.25) is 10.2 Å². The molecule has 1 aliphatic carbocycles. The average molecular weight is 487 g/mol. The number of hydrazone groups is 1. The summed E-state index contributed by atoms with van der Waals surface area (Å²) in [6, 6.07) is 17.7. The van der Waals surface area contributed by atoms with Crippen molar-refractivity contribution < 1.29 is 19.8 Å². The van der Waals surface area contributed by atoms with Gasteiger partial charge in [0.25, 0.3) is 0 Å². The van der Waals surface area contributed by atoms with Crippen molar-refractivity contribution in [3.63, 3.8) is 0 Å². The number of carbonyl (C=O) groups is 2. The van der Waals surface area contributed by atoms with Gasteiger partial charge in [0.1, 0.15) is 11.5 Å². The Balaban J connectivity index is 0.000000249. The van der Waals surface area contributed by atoms with E-state index in [1.165, 1.54) is 37.6 Å². The third-order valence-electron chi connectivity index (χ3n) is 6.06. The lowest BCUT2D eigenvalue weighted by Gasteiger charge is -2.10. The number of carboxylic acid groups (broad SMARTS) is 1. The molecular weight excluding hydrogens is 456 g/mol. The Morgan fingerprint density at radius 3 is 2.56 bits per heavy atom. The lowest BCUT2D eigenvalue weighted by Crippen LogP contribution is -2.12. The molecule has 0 aliphatic heterocycles. The van der Waals surface area contributed by atoms with Crippen LogP contribution < -0.4 is 10.7 Å². The first kappa shape index (κ1) is 26.2. The molecule has 8 nitrogen and oxygen atoms in total. The van der Waals surface area contributed by atoms with Gasteiger partial charge in [-0.05, 0) is 72.7 Å². The first-order valence-corrected chi connectivity index (χ1v) is 11.6. The van der Waals surface area contributed by atoms with Gasteiger partial charge < -0.3 is 20.9 Å². The normalized spacial score (nSPS) is 14.2. The summed E-state index contributed by atoms with van der Waals surface area (Å²) in [4.78, 5) is 21.9. The van der Waals surface area contributed by atoms with Crippen molar-refractivity contribution in [3.8, 4) is 16.9 Å². The molecule has 4 rings (SSSR count). The monoisotopic (exact) mass is 486 g/mol. The van der Waals surface area contributed by atoms with E-state index in [0.29, 0.717) is 17.4 Å².